The van der Waals surface area contributed by atoms with Crippen LogP contribution in [0.4, 0.5) is 0 Å². The minimum Gasteiger partial charge on any atom is -0.478 e. The number of hydrogen-bond donors (Lipinski definition) is 2. The normalized spacial score (nSPS) is 10.2. The molecular weight excluding hydrogens is 210 g/mol. The Bertz CT molecular complexity index is 328. The Balaban J connectivity index is 2.47. The van der Waals surface area contributed by atoms with Crippen LogP contribution in [0.3, 0.4) is 0 Å². The molecule has 0 aliphatic heterocycles. The second-order valence-electron chi connectivity index (χ2n) is 3.18. The number of carboxylic acids is 1. The number of aromatic carboxylic acids is 1. The highest BCUT2D eigenvalue weighted by Crippen LogP contribution is 2.04. The first-order valence-corrected chi connectivity index (χ1v) is 6.15. The lowest BCUT2D eigenvalue weighted by molar-refractivity contribution is 0.0697. The summed E-state index contributed by atoms with van der Waals surface area (Å²) in [6, 6.07) is 7.01. The summed E-state index contributed by atoms with van der Waals surface area (Å²) < 4.78 is 0. The molecule has 0 saturated carbocycles. The molecule has 0 aromatic heterocycles. The molecule has 2 N–H and O–H groups in total. The average molecular weight is 225 g/mol. The van der Waals surface area contributed by atoms with Crippen molar-refractivity contribution in [3.63, 3.8) is 0 Å². The van der Waals surface area contributed by atoms with Gasteiger partial charge in [0, 0.05) is 18.8 Å². The van der Waals surface area contributed by atoms with E-state index in [-0.39, 0.29) is 0 Å². The molecule has 0 amide bonds. The Morgan fingerprint density at radius 2 is 2.33 bits per heavy atom. The van der Waals surface area contributed by atoms with Gasteiger partial charge in [0.05, 0.1) is 5.56 Å². The van der Waals surface area contributed by atoms with Crippen LogP contribution in [0, 0.1) is 0 Å². The molecule has 0 atom stereocenters. The second-order valence-corrected chi connectivity index (χ2v) is 4.16. The van der Waals surface area contributed by atoms with Crippen LogP contribution >= 0.6 is 11.8 Å². The summed E-state index contributed by atoms with van der Waals surface area (Å²) in [5.74, 6) is 0.194. The number of carboxylic acid groups (broad SMARTS) is 1. The smallest absolute Gasteiger partial charge is 0.335 e. The summed E-state index contributed by atoms with van der Waals surface area (Å²) in [5.41, 5.74) is 1.36. The quantitative estimate of drug-likeness (QED) is 0.725. The van der Waals surface area contributed by atoms with Crippen LogP contribution in [-0.2, 0) is 6.54 Å². The fourth-order valence-corrected chi connectivity index (χ4v) is 1.57. The van der Waals surface area contributed by atoms with Crippen LogP contribution in [0.15, 0.2) is 24.3 Å². The second kappa shape index (κ2) is 6.48. The van der Waals surface area contributed by atoms with Gasteiger partial charge < -0.3 is 10.4 Å². The average Bonchev–Trinajstić information content (AvgIpc) is 2.25. The van der Waals surface area contributed by atoms with Crippen molar-refractivity contribution < 1.29 is 9.90 Å². The first-order chi connectivity index (χ1) is 7.24. The summed E-state index contributed by atoms with van der Waals surface area (Å²) in [5, 5.41) is 12.1. The monoisotopic (exact) mass is 225 g/mol. The molecule has 0 unspecified atom stereocenters. The van der Waals surface area contributed by atoms with Crippen molar-refractivity contribution in [1.29, 1.82) is 0 Å². The molecule has 82 valence electrons. The summed E-state index contributed by atoms with van der Waals surface area (Å²) in [7, 11) is 0. The standard InChI is InChI=1S/C11H15NO2S/c1-15-6-5-12-8-9-3-2-4-10(7-9)11(13)14/h2-4,7,12H,5-6,8H2,1H3,(H,13,14). The topological polar surface area (TPSA) is 49.3 Å². The Hall–Kier alpha value is -1.00. The maximum absolute atomic E-state index is 10.7. The maximum atomic E-state index is 10.7. The van der Waals surface area contributed by atoms with Gasteiger partial charge in [-0.15, -0.1) is 0 Å². The van der Waals surface area contributed by atoms with Crippen molar-refractivity contribution in [2.45, 2.75) is 6.54 Å². The summed E-state index contributed by atoms with van der Waals surface area (Å²) >= 11 is 1.79. The van der Waals surface area contributed by atoms with Crippen LogP contribution in [0.25, 0.3) is 0 Å². The molecule has 0 fully saturated rings. The molecule has 0 spiro atoms. The SMILES string of the molecule is CSCCNCc1cccc(C(=O)O)c1. The van der Waals surface area contributed by atoms with Crippen molar-refractivity contribution >= 4 is 17.7 Å². The number of thioether (sulfide) groups is 1. The van der Waals surface area contributed by atoms with Gasteiger partial charge in [-0.25, -0.2) is 4.79 Å². The molecule has 3 nitrogen and oxygen atoms in total. The molecule has 4 heteroatoms. The van der Waals surface area contributed by atoms with Gasteiger partial charge >= 0.3 is 5.97 Å². The first-order valence-electron chi connectivity index (χ1n) is 4.76. The van der Waals surface area contributed by atoms with E-state index < -0.39 is 5.97 Å². The summed E-state index contributed by atoms with van der Waals surface area (Å²) in [4.78, 5) is 10.7. The van der Waals surface area contributed by atoms with E-state index in [9.17, 15) is 4.79 Å². The predicted octanol–water partition coefficient (Wildman–Crippen LogP) is 1.84. The number of rotatable bonds is 6. The van der Waals surface area contributed by atoms with Crippen LogP contribution in [0.1, 0.15) is 15.9 Å². The van der Waals surface area contributed by atoms with E-state index in [1.807, 2.05) is 6.07 Å². The minimum absolute atomic E-state index is 0.346. The van der Waals surface area contributed by atoms with E-state index >= 15 is 0 Å². The molecule has 0 radical (unpaired) electrons. The van der Waals surface area contributed by atoms with Crippen molar-refractivity contribution in [2.24, 2.45) is 0 Å². The zero-order valence-electron chi connectivity index (χ0n) is 8.69. The highest BCUT2D eigenvalue weighted by Gasteiger charge is 2.02. The van der Waals surface area contributed by atoms with Crippen LogP contribution in [0.2, 0.25) is 0 Å². The van der Waals surface area contributed by atoms with Gasteiger partial charge in [-0.1, -0.05) is 12.1 Å². The molecule has 0 aliphatic rings. The lowest BCUT2D eigenvalue weighted by Crippen LogP contribution is -2.16. The van der Waals surface area contributed by atoms with Crippen LogP contribution in [0.5, 0.6) is 0 Å². The zero-order valence-corrected chi connectivity index (χ0v) is 9.51. The van der Waals surface area contributed by atoms with Gasteiger partial charge in [0.15, 0.2) is 0 Å². The van der Waals surface area contributed by atoms with Gasteiger partial charge in [0.2, 0.25) is 0 Å². The molecule has 0 heterocycles. The van der Waals surface area contributed by atoms with Crippen molar-refractivity contribution in [3.8, 4) is 0 Å². The maximum Gasteiger partial charge on any atom is 0.335 e. The number of hydrogen-bond acceptors (Lipinski definition) is 3. The highest BCUT2D eigenvalue weighted by atomic mass is 32.2. The number of benzene rings is 1. The molecule has 15 heavy (non-hydrogen) atoms. The van der Waals surface area contributed by atoms with Crippen molar-refractivity contribution in [2.75, 3.05) is 18.6 Å². The van der Waals surface area contributed by atoms with Gasteiger partial charge in [-0.05, 0) is 24.0 Å². The van der Waals surface area contributed by atoms with E-state index in [0.29, 0.717) is 5.56 Å². The van der Waals surface area contributed by atoms with Gasteiger partial charge in [-0.2, -0.15) is 11.8 Å². The first kappa shape index (κ1) is 12.1. The van der Waals surface area contributed by atoms with E-state index in [1.165, 1.54) is 0 Å². The molecule has 1 aromatic carbocycles. The van der Waals surface area contributed by atoms with Crippen LogP contribution < -0.4 is 5.32 Å². The Labute approximate surface area is 93.9 Å². The van der Waals surface area contributed by atoms with Crippen LogP contribution in [-0.4, -0.2) is 29.6 Å². The zero-order chi connectivity index (χ0) is 11.1. The summed E-state index contributed by atoms with van der Waals surface area (Å²) in [6.07, 6.45) is 2.06. The van der Waals surface area contributed by atoms with Gasteiger partial charge in [0.25, 0.3) is 0 Å². The fourth-order valence-electron chi connectivity index (χ4n) is 1.22. The van der Waals surface area contributed by atoms with E-state index in [4.69, 9.17) is 5.11 Å². The fraction of sp³-hybridized carbons (Fsp3) is 0.364. The highest BCUT2D eigenvalue weighted by molar-refractivity contribution is 7.98. The molecule has 0 saturated heterocycles. The van der Waals surface area contributed by atoms with E-state index in [1.54, 1.807) is 30.0 Å². The minimum atomic E-state index is -0.874. The molecular formula is C11H15NO2S. The number of nitrogens with one attached hydrogen (secondary N) is 1. The molecule has 0 bridgehead atoms. The molecule has 1 rings (SSSR count). The Morgan fingerprint density at radius 1 is 1.53 bits per heavy atom. The van der Waals surface area contributed by atoms with E-state index in [2.05, 4.69) is 11.6 Å². The van der Waals surface area contributed by atoms with Gasteiger partial charge in [0.1, 0.15) is 0 Å². The molecule has 0 aliphatic carbocycles. The Morgan fingerprint density at radius 3 is 3.00 bits per heavy atom. The van der Waals surface area contributed by atoms with Gasteiger partial charge in [-0.3, -0.25) is 0 Å². The third-order valence-corrected chi connectivity index (χ3v) is 2.60. The van der Waals surface area contributed by atoms with Crippen molar-refractivity contribution in [3.05, 3.63) is 35.4 Å². The predicted molar refractivity (Wildman–Crippen MR) is 63.5 cm³/mol. The van der Waals surface area contributed by atoms with Crippen molar-refractivity contribution in [1.82, 2.24) is 5.32 Å². The third-order valence-electron chi connectivity index (χ3n) is 1.99. The summed E-state index contributed by atoms with van der Waals surface area (Å²) in [6.45, 7) is 1.67. The largest absolute Gasteiger partial charge is 0.478 e. The molecule has 1 aromatic rings. The lowest BCUT2D eigenvalue weighted by atomic mass is 10.1. The lowest BCUT2D eigenvalue weighted by Gasteiger charge is -2.04. The Kier molecular flexibility index (Phi) is 5.21. The third kappa shape index (κ3) is 4.36. The van der Waals surface area contributed by atoms with E-state index in [0.717, 1.165) is 24.4 Å². The number of carbonyl (C=O) groups is 1.